The summed E-state index contributed by atoms with van der Waals surface area (Å²) in [5.41, 5.74) is 1.56. The minimum atomic E-state index is -0.621. The van der Waals surface area contributed by atoms with Gasteiger partial charge in [0.25, 0.3) is 5.91 Å². The number of benzene rings is 1. The van der Waals surface area contributed by atoms with Crippen LogP contribution in [0, 0.1) is 13.8 Å². The highest BCUT2D eigenvalue weighted by molar-refractivity contribution is 5.96. The van der Waals surface area contributed by atoms with Crippen LogP contribution in [0.2, 0.25) is 0 Å². The van der Waals surface area contributed by atoms with Gasteiger partial charge in [0.15, 0.2) is 0 Å². The number of nitrogens with zero attached hydrogens (tertiary/aromatic N) is 3. The molecule has 1 aromatic carbocycles. The Morgan fingerprint density at radius 3 is 2.71 bits per heavy atom. The summed E-state index contributed by atoms with van der Waals surface area (Å²) >= 11 is 0. The van der Waals surface area contributed by atoms with Crippen molar-refractivity contribution in [3.8, 4) is 6.01 Å². The number of fused-ring (bicyclic) bond motifs is 1. The van der Waals surface area contributed by atoms with Gasteiger partial charge in [-0.25, -0.2) is 14.8 Å². The van der Waals surface area contributed by atoms with Crippen molar-refractivity contribution in [1.29, 1.82) is 0 Å². The second-order valence-corrected chi connectivity index (χ2v) is 7.05. The van der Waals surface area contributed by atoms with E-state index in [0.29, 0.717) is 24.7 Å². The zero-order chi connectivity index (χ0) is 19.7. The number of amides is 1. The predicted molar refractivity (Wildman–Crippen MR) is 104 cm³/mol. The van der Waals surface area contributed by atoms with Crippen molar-refractivity contribution in [3.05, 3.63) is 63.8 Å². The fourth-order valence-corrected chi connectivity index (χ4v) is 3.50. The third-order valence-electron chi connectivity index (χ3n) is 4.77. The number of ether oxygens (including phenoxy) is 1. The van der Waals surface area contributed by atoms with Gasteiger partial charge in [0.2, 0.25) is 0 Å². The molecule has 1 atom stereocenters. The third-order valence-corrected chi connectivity index (χ3v) is 4.77. The number of piperidine rings is 1. The van der Waals surface area contributed by atoms with Gasteiger partial charge >= 0.3 is 11.6 Å². The summed E-state index contributed by atoms with van der Waals surface area (Å²) in [6.45, 7) is 4.72. The monoisotopic (exact) mass is 379 g/mol. The van der Waals surface area contributed by atoms with Crippen LogP contribution in [-0.2, 0) is 0 Å². The van der Waals surface area contributed by atoms with Crippen molar-refractivity contribution < 1.29 is 13.9 Å². The van der Waals surface area contributed by atoms with Gasteiger partial charge in [-0.3, -0.25) is 4.79 Å². The molecule has 1 fully saturated rings. The van der Waals surface area contributed by atoms with Crippen LogP contribution in [0.3, 0.4) is 0 Å². The molecule has 3 heterocycles. The van der Waals surface area contributed by atoms with E-state index in [1.165, 1.54) is 0 Å². The molecule has 0 spiro atoms. The highest BCUT2D eigenvalue weighted by Crippen LogP contribution is 2.19. The highest BCUT2D eigenvalue weighted by Gasteiger charge is 2.28. The number of aromatic nitrogens is 2. The first-order valence-electron chi connectivity index (χ1n) is 9.31. The Bertz CT molecular complexity index is 1070. The second kappa shape index (κ2) is 7.42. The number of hydrogen-bond donors (Lipinski definition) is 0. The summed E-state index contributed by atoms with van der Waals surface area (Å²) in [6.07, 6.45) is 1.36. The van der Waals surface area contributed by atoms with E-state index in [-0.39, 0.29) is 17.6 Å². The van der Waals surface area contributed by atoms with E-state index >= 15 is 0 Å². The Labute approximate surface area is 162 Å². The number of carbonyl (C=O) groups excluding carboxylic acids is 1. The molecule has 0 bridgehead atoms. The molecule has 1 aliphatic rings. The lowest BCUT2D eigenvalue weighted by Crippen LogP contribution is -2.45. The minimum Gasteiger partial charge on any atom is -0.458 e. The van der Waals surface area contributed by atoms with Gasteiger partial charge in [0, 0.05) is 23.3 Å². The molecule has 28 heavy (non-hydrogen) atoms. The van der Waals surface area contributed by atoms with E-state index in [9.17, 15) is 9.59 Å². The fraction of sp³-hybridized carbons (Fsp3) is 0.333. The first-order valence-corrected chi connectivity index (χ1v) is 9.31. The van der Waals surface area contributed by atoms with Gasteiger partial charge in [0.05, 0.1) is 6.54 Å². The van der Waals surface area contributed by atoms with E-state index in [1.54, 1.807) is 23.1 Å². The summed E-state index contributed by atoms with van der Waals surface area (Å²) in [4.78, 5) is 35.5. The first-order chi connectivity index (χ1) is 13.5. The summed E-state index contributed by atoms with van der Waals surface area (Å²) < 4.78 is 11.2. The second-order valence-electron chi connectivity index (χ2n) is 7.05. The first kappa shape index (κ1) is 18.2. The average Bonchev–Trinajstić information content (AvgIpc) is 2.66. The molecule has 1 saturated heterocycles. The lowest BCUT2D eigenvalue weighted by atomic mass is 10.1. The van der Waals surface area contributed by atoms with Crippen molar-refractivity contribution >= 4 is 16.9 Å². The van der Waals surface area contributed by atoms with Crippen LogP contribution < -0.4 is 10.4 Å². The molecular weight excluding hydrogens is 358 g/mol. The molecule has 7 nitrogen and oxygen atoms in total. The van der Waals surface area contributed by atoms with Crippen molar-refractivity contribution in [1.82, 2.24) is 14.9 Å². The molecule has 3 aromatic rings. The molecule has 144 valence electrons. The van der Waals surface area contributed by atoms with Crippen LogP contribution in [-0.4, -0.2) is 40.0 Å². The molecule has 1 unspecified atom stereocenters. The number of rotatable bonds is 3. The molecule has 0 N–H and O–H groups in total. The molecule has 0 radical (unpaired) electrons. The maximum absolute atomic E-state index is 12.9. The Morgan fingerprint density at radius 2 is 1.93 bits per heavy atom. The standard InChI is InChI=1S/C21H21N3O4/c1-13-10-14(2)23-21(22-13)27-16-7-5-9-24(12-16)19(25)17-11-15-6-3-4-8-18(15)28-20(17)26/h3-4,6,8,10-11,16H,5,7,9,12H2,1-2H3. The van der Waals surface area contributed by atoms with Gasteiger partial charge in [-0.1, -0.05) is 18.2 Å². The number of para-hydroxylation sites is 1. The maximum Gasteiger partial charge on any atom is 0.349 e. The average molecular weight is 379 g/mol. The lowest BCUT2D eigenvalue weighted by Gasteiger charge is -2.32. The zero-order valence-corrected chi connectivity index (χ0v) is 15.8. The Morgan fingerprint density at radius 1 is 1.18 bits per heavy atom. The molecule has 4 rings (SSSR count). The Hall–Kier alpha value is -3.22. The van der Waals surface area contributed by atoms with E-state index in [1.807, 2.05) is 32.0 Å². The normalized spacial score (nSPS) is 16.9. The summed E-state index contributed by atoms with van der Waals surface area (Å²) in [6, 6.07) is 10.9. The SMILES string of the molecule is Cc1cc(C)nc(OC2CCCN(C(=O)c3cc4ccccc4oc3=O)C2)n1. The van der Waals surface area contributed by atoms with Gasteiger partial charge in [-0.2, -0.15) is 0 Å². The highest BCUT2D eigenvalue weighted by atomic mass is 16.5. The van der Waals surface area contributed by atoms with Crippen molar-refractivity contribution in [3.63, 3.8) is 0 Å². The van der Waals surface area contributed by atoms with Gasteiger partial charge in [-0.15, -0.1) is 0 Å². The number of hydrogen-bond acceptors (Lipinski definition) is 6. The van der Waals surface area contributed by atoms with Crippen LogP contribution in [0.5, 0.6) is 6.01 Å². The fourth-order valence-electron chi connectivity index (χ4n) is 3.50. The smallest absolute Gasteiger partial charge is 0.349 e. The van der Waals surface area contributed by atoms with Crippen molar-refractivity contribution in [2.24, 2.45) is 0 Å². The van der Waals surface area contributed by atoms with Crippen LogP contribution in [0.25, 0.3) is 11.0 Å². The number of likely N-dealkylation sites (tertiary alicyclic amines) is 1. The molecular formula is C21H21N3O4. The molecule has 1 amide bonds. The van der Waals surface area contributed by atoms with Crippen molar-refractivity contribution in [2.75, 3.05) is 13.1 Å². The van der Waals surface area contributed by atoms with Crippen LogP contribution in [0.1, 0.15) is 34.6 Å². The summed E-state index contributed by atoms with van der Waals surface area (Å²) in [7, 11) is 0. The molecule has 0 saturated carbocycles. The predicted octanol–water partition coefficient (Wildman–Crippen LogP) is 2.88. The van der Waals surface area contributed by atoms with E-state index in [0.717, 1.165) is 29.6 Å². The topological polar surface area (TPSA) is 85.5 Å². The van der Waals surface area contributed by atoms with Crippen molar-refractivity contribution in [2.45, 2.75) is 32.8 Å². The quantitative estimate of drug-likeness (QED) is 0.651. The number of carbonyl (C=O) groups is 1. The van der Waals surface area contributed by atoms with E-state index in [2.05, 4.69) is 9.97 Å². The van der Waals surface area contributed by atoms with Crippen LogP contribution >= 0.6 is 0 Å². The van der Waals surface area contributed by atoms with E-state index in [4.69, 9.17) is 9.15 Å². The third kappa shape index (κ3) is 3.74. The molecule has 2 aromatic heterocycles. The number of aryl methyl sites for hydroxylation is 2. The largest absolute Gasteiger partial charge is 0.458 e. The zero-order valence-electron chi connectivity index (χ0n) is 15.8. The minimum absolute atomic E-state index is 0.0435. The van der Waals surface area contributed by atoms with Crippen LogP contribution in [0.4, 0.5) is 0 Å². The summed E-state index contributed by atoms with van der Waals surface area (Å²) in [5.74, 6) is -0.339. The Balaban J connectivity index is 1.53. The van der Waals surface area contributed by atoms with Gasteiger partial charge in [-0.05, 0) is 44.9 Å². The van der Waals surface area contributed by atoms with Gasteiger partial charge < -0.3 is 14.1 Å². The lowest BCUT2D eigenvalue weighted by molar-refractivity contribution is 0.0511. The maximum atomic E-state index is 12.9. The molecule has 7 heteroatoms. The van der Waals surface area contributed by atoms with Gasteiger partial charge in [0.1, 0.15) is 17.3 Å². The van der Waals surface area contributed by atoms with E-state index < -0.39 is 5.63 Å². The molecule has 1 aliphatic heterocycles. The Kier molecular flexibility index (Phi) is 4.81. The summed E-state index contributed by atoms with van der Waals surface area (Å²) in [5, 5.41) is 0.721. The van der Waals surface area contributed by atoms with Crippen LogP contribution in [0.15, 0.2) is 45.6 Å². The molecule has 0 aliphatic carbocycles.